The number of nitrogens with zero attached hydrogens (tertiary/aromatic N) is 2. The summed E-state index contributed by atoms with van der Waals surface area (Å²) in [6.45, 7) is 11.9. The van der Waals surface area contributed by atoms with Crippen LogP contribution in [0.4, 0.5) is 5.69 Å². The SMILES string of the molecule is C=CCN(C(=O)C1N([C@@H](CO)[C@@H](C)CC)C(=O)[C@@H]2[C@@H](C(=O)OCC)[C@H]3CC(C)C12S3)c1ccc(OC)cc1. The van der Waals surface area contributed by atoms with Gasteiger partial charge in [-0.25, -0.2) is 0 Å². The van der Waals surface area contributed by atoms with Gasteiger partial charge in [0.25, 0.3) is 5.91 Å². The summed E-state index contributed by atoms with van der Waals surface area (Å²) in [4.78, 5) is 45.5. The van der Waals surface area contributed by atoms with Crippen LogP contribution in [0.3, 0.4) is 0 Å². The molecule has 38 heavy (non-hydrogen) atoms. The van der Waals surface area contributed by atoms with Crippen LogP contribution >= 0.6 is 11.8 Å². The Bertz CT molecular complexity index is 1060. The average molecular weight is 545 g/mol. The van der Waals surface area contributed by atoms with Gasteiger partial charge in [0.05, 0.1) is 42.9 Å². The first kappa shape index (κ1) is 28.5. The third-order valence-corrected chi connectivity index (χ3v) is 10.9. The van der Waals surface area contributed by atoms with Crippen LogP contribution in [-0.2, 0) is 19.1 Å². The zero-order valence-corrected chi connectivity index (χ0v) is 23.8. The monoisotopic (exact) mass is 544 g/mol. The van der Waals surface area contributed by atoms with E-state index in [0.29, 0.717) is 11.4 Å². The van der Waals surface area contributed by atoms with Crippen molar-refractivity contribution >= 4 is 35.2 Å². The van der Waals surface area contributed by atoms with Crippen LogP contribution < -0.4 is 9.64 Å². The number of ether oxygens (including phenoxy) is 2. The van der Waals surface area contributed by atoms with Gasteiger partial charge < -0.3 is 24.4 Å². The van der Waals surface area contributed by atoms with Gasteiger partial charge in [-0.1, -0.05) is 33.3 Å². The summed E-state index contributed by atoms with van der Waals surface area (Å²) in [5, 5.41) is 10.4. The lowest BCUT2D eigenvalue weighted by Gasteiger charge is -2.43. The maximum Gasteiger partial charge on any atom is 0.310 e. The number of hydrogen-bond acceptors (Lipinski definition) is 7. The second-order valence-corrected chi connectivity index (χ2v) is 12.2. The molecule has 0 aromatic heterocycles. The number of aliphatic hydroxyl groups excluding tert-OH is 1. The summed E-state index contributed by atoms with van der Waals surface area (Å²) in [5.41, 5.74) is 0.666. The van der Waals surface area contributed by atoms with Crippen LogP contribution in [0.2, 0.25) is 0 Å². The van der Waals surface area contributed by atoms with Crippen molar-refractivity contribution in [2.45, 2.75) is 62.6 Å². The number of carbonyl (C=O) groups is 3. The molecule has 3 fully saturated rings. The number of carbonyl (C=O) groups excluding carboxylic acids is 3. The number of benzene rings is 1. The Kier molecular flexibility index (Phi) is 8.47. The molecule has 8 atom stereocenters. The molecule has 0 saturated carbocycles. The smallest absolute Gasteiger partial charge is 0.310 e. The fourth-order valence-electron chi connectivity index (χ4n) is 6.78. The first-order valence-corrected chi connectivity index (χ1v) is 14.4. The number of hydrogen-bond donors (Lipinski definition) is 1. The third-order valence-electron chi connectivity index (χ3n) is 8.78. The van der Waals surface area contributed by atoms with E-state index in [-0.39, 0.29) is 54.6 Å². The summed E-state index contributed by atoms with van der Waals surface area (Å²) in [5.74, 6) is -1.44. The van der Waals surface area contributed by atoms with Crippen molar-refractivity contribution in [1.82, 2.24) is 4.90 Å². The second-order valence-electron chi connectivity index (χ2n) is 10.6. The molecule has 1 aromatic rings. The lowest BCUT2D eigenvalue weighted by atomic mass is 9.66. The summed E-state index contributed by atoms with van der Waals surface area (Å²) in [7, 11) is 1.59. The molecule has 3 aliphatic heterocycles. The molecule has 1 spiro atoms. The van der Waals surface area contributed by atoms with E-state index in [1.807, 2.05) is 26.0 Å². The number of likely N-dealkylation sites (tertiary alicyclic amines) is 1. The van der Waals surface area contributed by atoms with E-state index in [4.69, 9.17) is 9.47 Å². The van der Waals surface area contributed by atoms with Crippen LogP contribution in [0, 0.1) is 23.7 Å². The van der Waals surface area contributed by atoms with E-state index >= 15 is 0 Å². The zero-order valence-electron chi connectivity index (χ0n) is 23.0. The minimum Gasteiger partial charge on any atom is -0.497 e. The Morgan fingerprint density at radius 3 is 2.55 bits per heavy atom. The van der Waals surface area contributed by atoms with Gasteiger partial charge in [0, 0.05) is 17.5 Å². The van der Waals surface area contributed by atoms with Crippen LogP contribution in [0.5, 0.6) is 5.75 Å². The Morgan fingerprint density at radius 1 is 1.32 bits per heavy atom. The Hall–Kier alpha value is -2.52. The van der Waals surface area contributed by atoms with Crippen molar-refractivity contribution in [1.29, 1.82) is 0 Å². The van der Waals surface area contributed by atoms with Gasteiger partial charge in [-0.15, -0.1) is 18.3 Å². The molecule has 1 N–H and O–H groups in total. The first-order valence-electron chi connectivity index (χ1n) is 13.5. The van der Waals surface area contributed by atoms with Crippen LogP contribution in [-0.4, -0.2) is 76.7 Å². The summed E-state index contributed by atoms with van der Waals surface area (Å²) in [6.07, 6.45) is 3.13. The molecule has 2 bridgehead atoms. The fraction of sp³-hybridized carbons (Fsp3) is 0.621. The summed E-state index contributed by atoms with van der Waals surface area (Å²) in [6, 6.07) is 5.85. The predicted octanol–water partition coefficient (Wildman–Crippen LogP) is 3.52. The number of methoxy groups -OCH3 is 1. The van der Waals surface area contributed by atoms with Crippen molar-refractivity contribution in [2.75, 3.05) is 31.8 Å². The normalized spacial score (nSPS) is 31.1. The third kappa shape index (κ3) is 4.31. The molecular formula is C29H40N2O6S. The topological polar surface area (TPSA) is 96.4 Å². The van der Waals surface area contributed by atoms with Crippen LogP contribution in [0.25, 0.3) is 0 Å². The van der Waals surface area contributed by atoms with Crippen molar-refractivity contribution in [3.8, 4) is 5.75 Å². The second kappa shape index (κ2) is 11.3. The van der Waals surface area contributed by atoms with Crippen molar-refractivity contribution in [2.24, 2.45) is 23.7 Å². The molecule has 1 aromatic carbocycles. The molecule has 9 heteroatoms. The molecule has 208 valence electrons. The van der Waals surface area contributed by atoms with Gasteiger partial charge in [0.1, 0.15) is 11.8 Å². The van der Waals surface area contributed by atoms with E-state index in [1.54, 1.807) is 53.8 Å². The molecular weight excluding hydrogens is 504 g/mol. The number of anilines is 1. The molecule has 3 aliphatic rings. The van der Waals surface area contributed by atoms with Gasteiger partial charge in [-0.2, -0.15) is 0 Å². The highest BCUT2D eigenvalue weighted by Crippen LogP contribution is 2.69. The maximum atomic E-state index is 14.7. The van der Waals surface area contributed by atoms with E-state index in [0.717, 1.165) is 12.8 Å². The van der Waals surface area contributed by atoms with Gasteiger partial charge in [-0.3, -0.25) is 14.4 Å². The predicted molar refractivity (Wildman–Crippen MR) is 148 cm³/mol. The maximum absolute atomic E-state index is 14.7. The minimum atomic E-state index is -0.836. The average Bonchev–Trinajstić information content (AvgIpc) is 3.51. The minimum absolute atomic E-state index is 0.0220. The summed E-state index contributed by atoms with van der Waals surface area (Å²) >= 11 is 1.61. The fourth-order valence-corrected chi connectivity index (χ4v) is 9.17. The Morgan fingerprint density at radius 2 is 2.00 bits per heavy atom. The van der Waals surface area contributed by atoms with E-state index in [9.17, 15) is 19.5 Å². The Labute approximate surface area is 229 Å². The molecule has 0 aliphatic carbocycles. The van der Waals surface area contributed by atoms with Gasteiger partial charge in [0.2, 0.25) is 5.91 Å². The molecule has 0 radical (unpaired) electrons. The largest absolute Gasteiger partial charge is 0.497 e. The number of thioether (sulfide) groups is 1. The number of fused-ring (bicyclic) bond motifs is 1. The first-order chi connectivity index (χ1) is 18.2. The standard InChI is InChI=1S/C29H40N2O6S/c1-7-14-30(19-10-12-20(36-6)13-11-19)27(34)25-29-18(5)15-22(38-29)23(28(35)37-9-3)24(29)26(33)31(25)21(16-32)17(4)8-2/h7,10-13,17-18,21-25,32H,1,8-9,14-16H2,2-6H3/t17-,18?,21-,22+,23-,24-,25?,29?/m0/s1. The number of rotatable bonds is 11. The van der Waals surface area contributed by atoms with Gasteiger partial charge in [0.15, 0.2) is 0 Å². The number of aliphatic hydroxyl groups is 1. The van der Waals surface area contributed by atoms with E-state index < -0.39 is 28.7 Å². The lowest BCUT2D eigenvalue weighted by molar-refractivity contribution is -0.154. The summed E-state index contributed by atoms with van der Waals surface area (Å²) < 4.78 is 9.95. The zero-order chi connectivity index (χ0) is 27.8. The van der Waals surface area contributed by atoms with Crippen molar-refractivity contribution < 1.29 is 29.0 Å². The van der Waals surface area contributed by atoms with Gasteiger partial charge >= 0.3 is 5.97 Å². The van der Waals surface area contributed by atoms with Crippen LogP contribution in [0.15, 0.2) is 36.9 Å². The van der Waals surface area contributed by atoms with E-state index in [2.05, 4.69) is 13.5 Å². The van der Waals surface area contributed by atoms with Gasteiger partial charge in [-0.05, 0) is 49.4 Å². The van der Waals surface area contributed by atoms with Crippen LogP contribution in [0.1, 0.15) is 40.5 Å². The number of esters is 1. The molecule has 3 heterocycles. The highest BCUT2D eigenvalue weighted by atomic mass is 32.2. The molecule has 3 unspecified atom stereocenters. The van der Waals surface area contributed by atoms with Crippen molar-refractivity contribution in [3.05, 3.63) is 36.9 Å². The number of amides is 2. The highest BCUT2D eigenvalue weighted by Gasteiger charge is 2.77. The molecule has 4 rings (SSSR count). The van der Waals surface area contributed by atoms with E-state index in [1.165, 1.54) is 0 Å². The molecule has 3 saturated heterocycles. The lowest BCUT2D eigenvalue weighted by Crippen LogP contribution is -2.60. The molecule has 8 nitrogen and oxygen atoms in total. The quantitative estimate of drug-likeness (QED) is 0.336. The van der Waals surface area contributed by atoms with Crippen molar-refractivity contribution in [3.63, 3.8) is 0 Å². The Balaban J connectivity index is 1.86. The molecule has 2 amide bonds. The highest BCUT2D eigenvalue weighted by molar-refractivity contribution is 8.02.